The zero-order valence-corrected chi connectivity index (χ0v) is 26.9. The zero-order valence-electron chi connectivity index (χ0n) is 25.9. The molecule has 0 unspecified atom stereocenters. The van der Waals surface area contributed by atoms with Gasteiger partial charge in [-0.1, -0.05) is 55.5 Å². The van der Waals surface area contributed by atoms with Gasteiger partial charge in [0.1, 0.15) is 6.10 Å². The molecule has 2 heterocycles. The topological polar surface area (TPSA) is 119 Å². The highest BCUT2D eigenvalue weighted by atomic mass is 28.4. The number of para-hydroxylation sites is 1. The third-order valence-electron chi connectivity index (χ3n) is 8.84. The van der Waals surface area contributed by atoms with Crippen LogP contribution in [0.25, 0.3) is 0 Å². The molecule has 45 heavy (non-hydrogen) atoms. The molecule has 2 aliphatic heterocycles. The molecule has 5 atom stereocenters. The summed E-state index contributed by atoms with van der Waals surface area (Å²) in [6.07, 6.45) is -2.34. The van der Waals surface area contributed by atoms with Crippen molar-refractivity contribution in [2.45, 2.75) is 63.3 Å². The molecule has 0 aliphatic carbocycles. The monoisotopic (exact) mass is 633 g/mol. The molecule has 3 aromatic carbocycles. The molecule has 11 heteroatoms. The van der Waals surface area contributed by atoms with E-state index in [0.29, 0.717) is 22.6 Å². The molecule has 0 bridgehead atoms. The first-order chi connectivity index (χ1) is 21.4. The van der Waals surface area contributed by atoms with Crippen LogP contribution >= 0.6 is 0 Å². The number of aliphatic hydroxyl groups is 2. The fraction of sp³-hybridized carbons (Fsp3) is 0.382. The summed E-state index contributed by atoms with van der Waals surface area (Å²) in [7, 11) is -3.56. The Hall–Kier alpha value is -3.90. The molecule has 238 valence electrons. The van der Waals surface area contributed by atoms with E-state index in [1.54, 1.807) is 55.2 Å². The van der Waals surface area contributed by atoms with Crippen molar-refractivity contribution >= 4 is 43.2 Å². The Kier molecular flexibility index (Phi) is 9.27. The number of hydrogen-bond acceptors (Lipinski definition) is 6. The Balaban J connectivity index is 1.57. The van der Waals surface area contributed by atoms with E-state index in [9.17, 15) is 24.6 Å². The molecule has 0 saturated carbocycles. The summed E-state index contributed by atoms with van der Waals surface area (Å²) in [4.78, 5) is 43.9. The first-order valence-corrected chi connectivity index (χ1v) is 18.2. The van der Waals surface area contributed by atoms with E-state index < -0.39 is 49.5 Å². The van der Waals surface area contributed by atoms with Gasteiger partial charge >= 0.3 is 0 Å². The predicted octanol–water partition coefficient (Wildman–Crippen LogP) is 4.87. The van der Waals surface area contributed by atoms with Gasteiger partial charge in [0.2, 0.25) is 14.3 Å². The SMILES string of the molecule is C[C@H](O)C(=O)Nc1ccc2c(c1)[C@@]1(O[C@H](CC(=O)N(CCO)Cc3ccccc3)[C@@H]([Si](C)(C)F)[C@@H]1C)C(=O)N2c1ccccc1. The fourth-order valence-electron chi connectivity index (χ4n) is 6.85. The lowest BCUT2D eigenvalue weighted by Crippen LogP contribution is -2.44. The summed E-state index contributed by atoms with van der Waals surface area (Å²) < 4.78 is 23.1. The number of halogens is 1. The third-order valence-corrected chi connectivity index (χ3v) is 11.3. The highest BCUT2D eigenvalue weighted by Gasteiger charge is 2.67. The van der Waals surface area contributed by atoms with Crippen molar-refractivity contribution in [3.05, 3.63) is 90.0 Å². The molecular formula is C34H40FN3O6Si. The van der Waals surface area contributed by atoms with Gasteiger partial charge in [-0.05, 0) is 55.9 Å². The normalized spacial score (nSPS) is 23.2. The number of hydrogen-bond donors (Lipinski definition) is 3. The zero-order chi connectivity index (χ0) is 32.5. The van der Waals surface area contributed by atoms with Crippen LogP contribution in [0.15, 0.2) is 78.9 Å². The van der Waals surface area contributed by atoms with Crippen LogP contribution < -0.4 is 10.2 Å². The van der Waals surface area contributed by atoms with Gasteiger partial charge in [-0.15, -0.1) is 0 Å². The average Bonchev–Trinajstić information content (AvgIpc) is 3.43. The number of carbonyl (C=O) groups excluding carboxylic acids is 3. The molecule has 3 amide bonds. The van der Waals surface area contributed by atoms with Gasteiger partial charge in [0.15, 0.2) is 5.60 Å². The van der Waals surface area contributed by atoms with Gasteiger partial charge in [0, 0.05) is 41.5 Å². The van der Waals surface area contributed by atoms with Gasteiger partial charge in [0.25, 0.3) is 11.8 Å². The maximum atomic E-state index is 16.3. The summed E-state index contributed by atoms with van der Waals surface area (Å²) in [6.45, 7) is 6.41. The van der Waals surface area contributed by atoms with Crippen molar-refractivity contribution in [1.82, 2.24) is 4.90 Å². The molecule has 1 spiro atoms. The molecule has 0 radical (unpaired) electrons. The van der Waals surface area contributed by atoms with Crippen LogP contribution in [0.5, 0.6) is 0 Å². The number of nitrogens with one attached hydrogen (secondary N) is 1. The number of fused-ring (bicyclic) bond motifs is 2. The van der Waals surface area contributed by atoms with Crippen LogP contribution in [0, 0.1) is 5.92 Å². The molecule has 2 aliphatic rings. The summed E-state index contributed by atoms with van der Waals surface area (Å²) in [6, 6.07) is 23.5. The fourth-order valence-corrected chi connectivity index (χ4v) is 9.34. The van der Waals surface area contributed by atoms with Crippen LogP contribution in [-0.4, -0.2) is 66.6 Å². The first-order valence-electron chi connectivity index (χ1n) is 15.2. The molecule has 0 aromatic heterocycles. The van der Waals surface area contributed by atoms with Crippen molar-refractivity contribution in [2.75, 3.05) is 23.4 Å². The largest absolute Gasteiger partial charge is 0.395 e. The van der Waals surface area contributed by atoms with Crippen molar-refractivity contribution in [2.24, 2.45) is 5.92 Å². The quantitative estimate of drug-likeness (QED) is 0.217. The van der Waals surface area contributed by atoms with Crippen LogP contribution in [0.1, 0.15) is 31.4 Å². The summed E-state index contributed by atoms with van der Waals surface area (Å²) in [5.41, 5.74) is 0.467. The van der Waals surface area contributed by atoms with E-state index in [4.69, 9.17) is 4.74 Å². The number of nitrogens with zero attached hydrogens (tertiary/aromatic N) is 2. The molecule has 9 nitrogen and oxygen atoms in total. The number of anilines is 3. The molecule has 3 N–H and O–H groups in total. The number of benzene rings is 3. The van der Waals surface area contributed by atoms with Gasteiger partial charge < -0.3 is 29.3 Å². The van der Waals surface area contributed by atoms with E-state index >= 15 is 4.11 Å². The lowest BCUT2D eigenvalue weighted by molar-refractivity contribution is -0.149. The predicted molar refractivity (Wildman–Crippen MR) is 172 cm³/mol. The number of amides is 3. The lowest BCUT2D eigenvalue weighted by Gasteiger charge is -2.31. The van der Waals surface area contributed by atoms with E-state index in [-0.39, 0.29) is 32.0 Å². The first kappa shape index (κ1) is 32.5. The highest BCUT2D eigenvalue weighted by Crippen LogP contribution is 2.61. The molecule has 1 saturated heterocycles. The second-order valence-electron chi connectivity index (χ2n) is 12.4. The van der Waals surface area contributed by atoms with Gasteiger partial charge in [0.05, 0.1) is 24.8 Å². The van der Waals surface area contributed by atoms with Crippen molar-refractivity contribution < 1.29 is 33.4 Å². The van der Waals surface area contributed by atoms with Crippen molar-refractivity contribution in [1.29, 1.82) is 0 Å². The van der Waals surface area contributed by atoms with Crippen LogP contribution in [-0.2, 0) is 31.3 Å². The van der Waals surface area contributed by atoms with E-state index in [1.807, 2.05) is 48.5 Å². The summed E-state index contributed by atoms with van der Waals surface area (Å²) in [5.74, 6) is -1.99. The van der Waals surface area contributed by atoms with Crippen LogP contribution in [0.3, 0.4) is 0 Å². The minimum Gasteiger partial charge on any atom is -0.395 e. The van der Waals surface area contributed by atoms with Crippen molar-refractivity contribution in [3.8, 4) is 0 Å². The van der Waals surface area contributed by atoms with E-state index in [0.717, 1.165) is 5.56 Å². The summed E-state index contributed by atoms with van der Waals surface area (Å²) >= 11 is 0. The minimum atomic E-state index is -3.56. The number of aliphatic hydroxyl groups excluding tert-OH is 2. The maximum absolute atomic E-state index is 16.3. The van der Waals surface area contributed by atoms with Gasteiger partial charge in [-0.25, -0.2) is 0 Å². The Morgan fingerprint density at radius 2 is 1.73 bits per heavy atom. The second-order valence-corrected chi connectivity index (χ2v) is 16.2. The van der Waals surface area contributed by atoms with Gasteiger partial charge in [-0.3, -0.25) is 19.3 Å². The number of rotatable bonds is 10. The Morgan fingerprint density at radius 1 is 1.09 bits per heavy atom. The number of ether oxygens (including phenoxy) is 1. The molecular weight excluding hydrogens is 593 g/mol. The maximum Gasteiger partial charge on any atom is 0.268 e. The smallest absolute Gasteiger partial charge is 0.268 e. The van der Waals surface area contributed by atoms with Gasteiger partial charge in [-0.2, -0.15) is 0 Å². The summed E-state index contributed by atoms with van der Waals surface area (Å²) in [5, 5.41) is 22.2. The molecule has 5 rings (SSSR count). The van der Waals surface area contributed by atoms with Crippen LogP contribution in [0.4, 0.5) is 21.2 Å². The van der Waals surface area contributed by atoms with Crippen molar-refractivity contribution in [3.63, 3.8) is 0 Å². The van der Waals surface area contributed by atoms with Crippen LogP contribution in [0.2, 0.25) is 18.6 Å². The van der Waals surface area contributed by atoms with E-state index in [1.165, 1.54) is 11.8 Å². The second kappa shape index (κ2) is 12.8. The lowest BCUT2D eigenvalue weighted by atomic mass is 9.82. The Bertz CT molecular complexity index is 1550. The molecule has 3 aromatic rings. The number of carbonyl (C=O) groups is 3. The van der Waals surface area contributed by atoms with E-state index in [2.05, 4.69) is 5.32 Å². The molecule has 1 fully saturated rings. The standard InChI is InChI=1S/C34H40FN3O6Si/c1-22-31(45(3,4)35)29(20-30(41)37(17-18-39)21-24-11-7-5-8-12-24)44-34(22)27-19-25(36-32(42)23(2)40)15-16-28(27)38(33(34)43)26-13-9-6-10-14-26/h5-16,19,22-23,29,31,39-40H,17-18,20-21H2,1-4H3,(H,36,42)/t22-,23-,29+,31-,34+/m0/s1. The average molecular weight is 634 g/mol. The minimum absolute atomic E-state index is 0.0954. The Morgan fingerprint density at radius 3 is 2.33 bits per heavy atom. The highest BCUT2D eigenvalue weighted by molar-refractivity contribution is 6.72. The Labute approximate surface area is 263 Å². The third kappa shape index (κ3) is 6.17.